The Labute approximate surface area is 112 Å². The summed E-state index contributed by atoms with van der Waals surface area (Å²) in [6, 6.07) is 9.19. The lowest BCUT2D eigenvalue weighted by molar-refractivity contribution is 0.0695. The van der Waals surface area contributed by atoms with Crippen molar-refractivity contribution in [3.8, 4) is 0 Å². The lowest BCUT2D eigenvalue weighted by Gasteiger charge is -2.12. The number of aromatic carboxylic acids is 1. The Morgan fingerprint density at radius 2 is 2.05 bits per heavy atom. The van der Waals surface area contributed by atoms with Gasteiger partial charge in [0.2, 0.25) is 0 Å². The number of aromatic nitrogens is 1. The second-order valence-electron chi connectivity index (χ2n) is 4.40. The summed E-state index contributed by atoms with van der Waals surface area (Å²) < 4.78 is 0. The predicted octanol–water partition coefficient (Wildman–Crippen LogP) is 3.01. The standard InChI is InChI=1S/C15H16N2O2/c1-10-5-3-7-13(11(10)2)17-9-14-12(15(18)19)6-4-8-16-14/h3-8,17H,9H2,1-2H3,(H,18,19). The lowest BCUT2D eigenvalue weighted by Crippen LogP contribution is -2.09. The van der Waals surface area contributed by atoms with Crippen LogP contribution in [0.3, 0.4) is 0 Å². The number of pyridine rings is 1. The van der Waals surface area contributed by atoms with Crippen molar-refractivity contribution >= 4 is 11.7 Å². The van der Waals surface area contributed by atoms with Gasteiger partial charge in [-0.3, -0.25) is 4.98 Å². The Hall–Kier alpha value is -2.36. The molecular weight excluding hydrogens is 240 g/mol. The fraction of sp³-hybridized carbons (Fsp3) is 0.200. The summed E-state index contributed by atoms with van der Waals surface area (Å²) >= 11 is 0. The molecule has 0 bridgehead atoms. The van der Waals surface area contributed by atoms with Crippen molar-refractivity contribution < 1.29 is 9.90 Å². The van der Waals surface area contributed by atoms with E-state index in [9.17, 15) is 4.79 Å². The Morgan fingerprint density at radius 3 is 2.79 bits per heavy atom. The first-order valence-corrected chi connectivity index (χ1v) is 6.07. The molecule has 0 aliphatic rings. The third-order valence-corrected chi connectivity index (χ3v) is 3.17. The van der Waals surface area contributed by atoms with Crippen LogP contribution in [0.25, 0.3) is 0 Å². The maximum atomic E-state index is 11.1. The topological polar surface area (TPSA) is 62.2 Å². The van der Waals surface area contributed by atoms with Crippen LogP contribution < -0.4 is 5.32 Å². The van der Waals surface area contributed by atoms with Gasteiger partial charge in [0.1, 0.15) is 0 Å². The number of benzene rings is 1. The second kappa shape index (κ2) is 5.52. The number of rotatable bonds is 4. The maximum absolute atomic E-state index is 11.1. The van der Waals surface area contributed by atoms with Gasteiger partial charge in [-0.05, 0) is 43.2 Å². The van der Waals surface area contributed by atoms with Crippen LogP contribution in [-0.2, 0) is 6.54 Å². The van der Waals surface area contributed by atoms with Crippen molar-refractivity contribution in [3.05, 3.63) is 58.9 Å². The summed E-state index contributed by atoms with van der Waals surface area (Å²) in [7, 11) is 0. The van der Waals surface area contributed by atoms with Crippen LogP contribution >= 0.6 is 0 Å². The van der Waals surface area contributed by atoms with E-state index in [4.69, 9.17) is 5.11 Å². The van der Waals surface area contributed by atoms with Gasteiger partial charge in [0.25, 0.3) is 0 Å². The number of anilines is 1. The summed E-state index contributed by atoms with van der Waals surface area (Å²) in [5, 5.41) is 12.3. The number of hydrogen-bond donors (Lipinski definition) is 2. The van der Waals surface area contributed by atoms with Gasteiger partial charge in [-0.2, -0.15) is 0 Å². The molecule has 2 aromatic rings. The highest BCUT2D eigenvalue weighted by atomic mass is 16.4. The Kier molecular flexibility index (Phi) is 3.80. The Bertz CT molecular complexity index is 609. The molecule has 2 N–H and O–H groups in total. The summed E-state index contributed by atoms with van der Waals surface area (Å²) in [6.07, 6.45) is 1.60. The highest BCUT2D eigenvalue weighted by Crippen LogP contribution is 2.19. The van der Waals surface area contributed by atoms with Crippen LogP contribution in [0.2, 0.25) is 0 Å². The number of carbonyl (C=O) groups is 1. The van der Waals surface area contributed by atoms with Crippen LogP contribution in [0.4, 0.5) is 5.69 Å². The zero-order valence-electron chi connectivity index (χ0n) is 11.0. The zero-order valence-corrected chi connectivity index (χ0v) is 11.0. The van der Waals surface area contributed by atoms with E-state index < -0.39 is 5.97 Å². The van der Waals surface area contributed by atoms with Gasteiger partial charge in [-0.25, -0.2) is 4.79 Å². The van der Waals surface area contributed by atoms with Gasteiger partial charge >= 0.3 is 5.97 Å². The number of nitrogens with one attached hydrogen (secondary N) is 1. The highest BCUT2D eigenvalue weighted by Gasteiger charge is 2.10. The summed E-state index contributed by atoms with van der Waals surface area (Å²) in [5.41, 5.74) is 4.14. The van der Waals surface area contributed by atoms with Crippen LogP contribution in [0.5, 0.6) is 0 Å². The van der Waals surface area contributed by atoms with Crippen molar-refractivity contribution in [2.75, 3.05) is 5.32 Å². The fourth-order valence-corrected chi connectivity index (χ4v) is 1.90. The molecule has 1 aromatic carbocycles. The molecule has 4 heteroatoms. The molecule has 98 valence electrons. The molecule has 1 heterocycles. The average Bonchev–Trinajstić information content (AvgIpc) is 2.40. The number of hydrogen-bond acceptors (Lipinski definition) is 3. The van der Waals surface area contributed by atoms with Crippen molar-refractivity contribution in [2.45, 2.75) is 20.4 Å². The summed E-state index contributed by atoms with van der Waals surface area (Å²) in [6.45, 7) is 4.48. The Morgan fingerprint density at radius 1 is 1.26 bits per heavy atom. The molecule has 1 aromatic heterocycles. The molecule has 0 fully saturated rings. The molecule has 2 rings (SSSR count). The quantitative estimate of drug-likeness (QED) is 0.882. The largest absolute Gasteiger partial charge is 0.478 e. The smallest absolute Gasteiger partial charge is 0.337 e. The number of nitrogens with zero attached hydrogens (tertiary/aromatic N) is 1. The second-order valence-corrected chi connectivity index (χ2v) is 4.40. The van der Waals surface area contributed by atoms with Gasteiger partial charge < -0.3 is 10.4 Å². The molecule has 0 unspecified atom stereocenters. The fourth-order valence-electron chi connectivity index (χ4n) is 1.90. The highest BCUT2D eigenvalue weighted by molar-refractivity contribution is 5.88. The van der Waals surface area contributed by atoms with Crippen molar-refractivity contribution in [1.82, 2.24) is 4.98 Å². The average molecular weight is 256 g/mol. The molecule has 0 aliphatic carbocycles. The first-order chi connectivity index (χ1) is 9.09. The van der Waals surface area contributed by atoms with Crippen LogP contribution in [0.15, 0.2) is 36.5 Å². The molecule has 0 spiro atoms. The van der Waals surface area contributed by atoms with E-state index in [2.05, 4.69) is 10.3 Å². The summed E-state index contributed by atoms with van der Waals surface area (Å²) in [5.74, 6) is -0.953. The maximum Gasteiger partial charge on any atom is 0.337 e. The molecule has 0 radical (unpaired) electrons. The van der Waals surface area contributed by atoms with E-state index in [-0.39, 0.29) is 5.56 Å². The molecule has 0 saturated carbocycles. The summed E-state index contributed by atoms with van der Waals surface area (Å²) in [4.78, 5) is 15.2. The van der Waals surface area contributed by atoms with Gasteiger partial charge in [0, 0.05) is 11.9 Å². The van der Waals surface area contributed by atoms with E-state index in [1.54, 1.807) is 18.3 Å². The van der Waals surface area contributed by atoms with Gasteiger partial charge in [-0.15, -0.1) is 0 Å². The molecule has 0 saturated heterocycles. The first kappa shape index (κ1) is 13.1. The van der Waals surface area contributed by atoms with E-state index in [0.717, 1.165) is 11.3 Å². The first-order valence-electron chi connectivity index (χ1n) is 6.07. The molecule has 19 heavy (non-hydrogen) atoms. The minimum absolute atomic E-state index is 0.236. The minimum atomic E-state index is -0.953. The van der Waals surface area contributed by atoms with Gasteiger partial charge in [0.15, 0.2) is 0 Å². The van der Waals surface area contributed by atoms with Gasteiger partial charge in [0.05, 0.1) is 17.8 Å². The van der Waals surface area contributed by atoms with E-state index in [1.807, 2.05) is 32.0 Å². The van der Waals surface area contributed by atoms with Crippen LogP contribution in [-0.4, -0.2) is 16.1 Å². The van der Waals surface area contributed by atoms with E-state index in [0.29, 0.717) is 12.2 Å². The van der Waals surface area contributed by atoms with Crippen molar-refractivity contribution in [3.63, 3.8) is 0 Å². The van der Waals surface area contributed by atoms with Crippen molar-refractivity contribution in [1.29, 1.82) is 0 Å². The van der Waals surface area contributed by atoms with Gasteiger partial charge in [-0.1, -0.05) is 12.1 Å². The number of carboxylic acid groups (broad SMARTS) is 1. The molecular formula is C15H16N2O2. The lowest BCUT2D eigenvalue weighted by atomic mass is 10.1. The molecule has 0 amide bonds. The van der Waals surface area contributed by atoms with Crippen molar-refractivity contribution in [2.24, 2.45) is 0 Å². The predicted molar refractivity (Wildman–Crippen MR) is 74.4 cm³/mol. The zero-order chi connectivity index (χ0) is 13.8. The third-order valence-electron chi connectivity index (χ3n) is 3.17. The molecule has 4 nitrogen and oxygen atoms in total. The number of aryl methyl sites for hydroxylation is 1. The molecule has 0 atom stereocenters. The van der Waals surface area contributed by atoms with E-state index >= 15 is 0 Å². The minimum Gasteiger partial charge on any atom is -0.478 e. The van der Waals surface area contributed by atoms with Crippen LogP contribution in [0, 0.1) is 13.8 Å². The SMILES string of the molecule is Cc1cccc(NCc2ncccc2C(=O)O)c1C. The third kappa shape index (κ3) is 2.91. The Balaban J connectivity index is 2.19. The monoisotopic (exact) mass is 256 g/mol. The van der Waals surface area contributed by atoms with Crippen LogP contribution in [0.1, 0.15) is 27.2 Å². The number of carboxylic acids is 1. The van der Waals surface area contributed by atoms with E-state index in [1.165, 1.54) is 5.56 Å². The molecule has 0 aliphatic heterocycles. The normalized spacial score (nSPS) is 10.2.